The minimum atomic E-state index is 0.322. The first-order valence-electron chi connectivity index (χ1n) is 6.32. The molecule has 1 nitrogen and oxygen atoms in total. The molecule has 0 heterocycles. The summed E-state index contributed by atoms with van der Waals surface area (Å²) < 4.78 is 0. The number of halogens is 1. The molecule has 3 heteroatoms. The molecule has 0 atom stereocenters. The van der Waals surface area contributed by atoms with Gasteiger partial charge in [-0.25, -0.2) is 0 Å². The molecule has 0 unspecified atom stereocenters. The van der Waals surface area contributed by atoms with Crippen LogP contribution in [-0.2, 0) is 5.75 Å². The lowest BCUT2D eigenvalue weighted by molar-refractivity contribution is 0.481. The summed E-state index contributed by atoms with van der Waals surface area (Å²) in [5.74, 6) is 1.14. The molecule has 0 amide bonds. The van der Waals surface area contributed by atoms with Gasteiger partial charge in [0.25, 0.3) is 0 Å². The normalized spacial score (nSPS) is 10.8. The molecule has 0 aromatic heterocycles. The third kappa shape index (κ3) is 2.62. The lowest BCUT2D eigenvalue weighted by atomic mass is 10.1. The molecule has 0 aliphatic heterocycles. The van der Waals surface area contributed by atoms with E-state index in [0.29, 0.717) is 5.75 Å². The highest BCUT2D eigenvalue weighted by Gasteiger charge is 2.06. The average molecular weight is 301 g/mol. The third-order valence-corrected chi connectivity index (χ3v) is 4.69. The van der Waals surface area contributed by atoms with Crippen molar-refractivity contribution in [3.8, 4) is 5.75 Å². The van der Waals surface area contributed by atoms with E-state index in [2.05, 4.69) is 0 Å². The SMILES string of the molecule is Oc1ccc(SCc2ccccc2Cl)c2ccccc12. The van der Waals surface area contributed by atoms with E-state index in [1.165, 1.54) is 0 Å². The molecular formula is C17H13ClOS. The van der Waals surface area contributed by atoms with E-state index in [0.717, 1.165) is 32.0 Å². The van der Waals surface area contributed by atoms with Crippen molar-refractivity contribution in [2.75, 3.05) is 0 Å². The smallest absolute Gasteiger partial charge is 0.123 e. The van der Waals surface area contributed by atoms with Crippen molar-refractivity contribution in [1.29, 1.82) is 0 Å². The van der Waals surface area contributed by atoms with Gasteiger partial charge in [-0.2, -0.15) is 0 Å². The monoisotopic (exact) mass is 300 g/mol. The molecule has 3 aromatic carbocycles. The molecule has 3 aromatic rings. The van der Waals surface area contributed by atoms with Gasteiger partial charge in [-0.3, -0.25) is 0 Å². The van der Waals surface area contributed by atoms with Gasteiger partial charge >= 0.3 is 0 Å². The first kappa shape index (κ1) is 13.3. The number of benzene rings is 3. The Hall–Kier alpha value is -1.64. The van der Waals surface area contributed by atoms with Gasteiger partial charge in [-0.05, 0) is 29.1 Å². The van der Waals surface area contributed by atoms with Crippen LogP contribution in [0.4, 0.5) is 0 Å². The Labute approximate surface area is 127 Å². The van der Waals surface area contributed by atoms with E-state index in [1.54, 1.807) is 17.8 Å². The van der Waals surface area contributed by atoms with Crippen molar-refractivity contribution in [3.05, 3.63) is 71.2 Å². The van der Waals surface area contributed by atoms with Gasteiger partial charge in [0.1, 0.15) is 5.75 Å². The lowest BCUT2D eigenvalue weighted by Gasteiger charge is -2.08. The maximum atomic E-state index is 9.89. The van der Waals surface area contributed by atoms with Crippen LogP contribution in [0.25, 0.3) is 10.8 Å². The highest BCUT2D eigenvalue weighted by molar-refractivity contribution is 7.98. The summed E-state index contributed by atoms with van der Waals surface area (Å²) in [4.78, 5) is 1.15. The van der Waals surface area contributed by atoms with Gasteiger partial charge in [-0.1, -0.05) is 54.1 Å². The zero-order valence-corrected chi connectivity index (χ0v) is 12.3. The first-order valence-corrected chi connectivity index (χ1v) is 7.69. The molecule has 0 saturated carbocycles. The molecule has 0 aliphatic rings. The largest absolute Gasteiger partial charge is 0.507 e. The Bertz CT molecular complexity index is 755. The number of aromatic hydroxyl groups is 1. The maximum absolute atomic E-state index is 9.89. The summed E-state index contributed by atoms with van der Waals surface area (Å²) in [6.07, 6.45) is 0. The van der Waals surface area contributed by atoms with Gasteiger partial charge in [0.05, 0.1) is 0 Å². The van der Waals surface area contributed by atoms with Gasteiger partial charge < -0.3 is 5.11 Å². The Kier molecular flexibility index (Phi) is 3.86. The van der Waals surface area contributed by atoms with Crippen LogP contribution in [-0.4, -0.2) is 5.11 Å². The Morgan fingerprint density at radius 2 is 1.55 bits per heavy atom. The zero-order chi connectivity index (χ0) is 13.9. The number of rotatable bonds is 3. The molecule has 0 saturated heterocycles. The molecule has 0 fully saturated rings. The fraction of sp³-hybridized carbons (Fsp3) is 0.0588. The van der Waals surface area contributed by atoms with Gasteiger partial charge in [-0.15, -0.1) is 11.8 Å². The second-order valence-electron chi connectivity index (χ2n) is 4.51. The fourth-order valence-electron chi connectivity index (χ4n) is 2.15. The van der Waals surface area contributed by atoms with Crippen LogP contribution in [0.1, 0.15) is 5.56 Å². The van der Waals surface area contributed by atoms with Crippen LogP contribution in [0.2, 0.25) is 5.02 Å². The third-order valence-electron chi connectivity index (χ3n) is 3.20. The van der Waals surface area contributed by atoms with Crippen LogP contribution in [0.15, 0.2) is 65.6 Å². The number of phenols is 1. The van der Waals surface area contributed by atoms with Crippen molar-refractivity contribution in [1.82, 2.24) is 0 Å². The van der Waals surface area contributed by atoms with Crippen LogP contribution < -0.4 is 0 Å². The van der Waals surface area contributed by atoms with Crippen LogP contribution in [0, 0.1) is 0 Å². The van der Waals surface area contributed by atoms with Gasteiger partial charge in [0.15, 0.2) is 0 Å². The highest BCUT2D eigenvalue weighted by Crippen LogP contribution is 2.35. The Morgan fingerprint density at radius 1 is 0.850 bits per heavy atom. The lowest BCUT2D eigenvalue weighted by Crippen LogP contribution is -1.83. The second kappa shape index (κ2) is 5.78. The zero-order valence-electron chi connectivity index (χ0n) is 10.7. The Balaban J connectivity index is 1.92. The molecule has 1 N–H and O–H groups in total. The number of hydrogen-bond acceptors (Lipinski definition) is 2. The van der Waals surface area contributed by atoms with Gasteiger partial charge in [0, 0.05) is 21.1 Å². The topological polar surface area (TPSA) is 20.2 Å². The molecule has 0 bridgehead atoms. The minimum absolute atomic E-state index is 0.322. The van der Waals surface area contributed by atoms with E-state index in [-0.39, 0.29) is 0 Å². The molecule has 0 radical (unpaired) electrons. The first-order chi connectivity index (χ1) is 9.75. The van der Waals surface area contributed by atoms with Gasteiger partial charge in [0.2, 0.25) is 0 Å². The summed E-state index contributed by atoms with van der Waals surface area (Å²) in [6.45, 7) is 0. The maximum Gasteiger partial charge on any atom is 0.123 e. The number of thioether (sulfide) groups is 1. The molecule has 20 heavy (non-hydrogen) atoms. The number of fused-ring (bicyclic) bond motifs is 1. The van der Waals surface area contributed by atoms with E-state index in [4.69, 9.17) is 11.6 Å². The average Bonchev–Trinajstić information content (AvgIpc) is 2.48. The van der Waals surface area contributed by atoms with E-state index >= 15 is 0 Å². The van der Waals surface area contributed by atoms with E-state index in [1.807, 2.05) is 54.6 Å². The molecule has 100 valence electrons. The summed E-state index contributed by atoms with van der Waals surface area (Å²) in [5, 5.41) is 12.6. The highest BCUT2D eigenvalue weighted by atomic mass is 35.5. The van der Waals surface area contributed by atoms with Crippen LogP contribution in [0.3, 0.4) is 0 Å². The number of hydrogen-bond donors (Lipinski definition) is 1. The molecule has 0 spiro atoms. The van der Waals surface area contributed by atoms with Crippen molar-refractivity contribution < 1.29 is 5.11 Å². The predicted octanol–water partition coefficient (Wildman–Crippen LogP) is 5.49. The summed E-state index contributed by atoms with van der Waals surface area (Å²) in [7, 11) is 0. The van der Waals surface area contributed by atoms with Crippen LogP contribution >= 0.6 is 23.4 Å². The predicted molar refractivity (Wildman–Crippen MR) is 86.6 cm³/mol. The van der Waals surface area contributed by atoms with Crippen LogP contribution in [0.5, 0.6) is 5.75 Å². The second-order valence-corrected chi connectivity index (χ2v) is 5.93. The summed E-state index contributed by atoms with van der Waals surface area (Å²) >= 11 is 7.91. The summed E-state index contributed by atoms with van der Waals surface area (Å²) in [6, 6.07) is 19.5. The fourth-order valence-corrected chi connectivity index (χ4v) is 3.49. The Morgan fingerprint density at radius 3 is 2.35 bits per heavy atom. The molecule has 0 aliphatic carbocycles. The van der Waals surface area contributed by atoms with Crippen molar-refractivity contribution in [3.63, 3.8) is 0 Å². The van der Waals surface area contributed by atoms with Crippen molar-refractivity contribution in [2.24, 2.45) is 0 Å². The van der Waals surface area contributed by atoms with Crippen molar-refractivity contribution >= 4 is 34.1 Å². The van der Waals surface area contributed by atoms with E-state index in [9.17, 15) is 5.11 Å². The summed E-state index contributed by atoms with van der Waals surface area (Å²) in [5.41, 5.74) is 1.12. The quantitative estimate of drug-likeness (QED) is 0.645. The molecular weight excluding hydrogens is 288 g/mol. The van der Waals surface area contributed by atoms with E-state index < -0.39 is 0 Å². The number of phenolic OH excluding ortho intramolecular Hbond substituents is 1. The molecule has 3 rings (SSSR count). The minimum Gasteiger partial charge on any atom is -0.507 e. The standard InChI is InChI=1S/C17H13ClOS/c18-15-8-4-1-5-12(15)11-20-17-10-9-16(19)13-6-2-3-7-14(13)17/h1-10,19H,11H2. The van der Waals surface area contributed by atoms with Crippen molar-refractivity contribution in [2.45, 2.75) is 10.6 Å².